The molecule has 2 heterocycles. The average molecular weight is 391 g/mol. The van der Waals surface area contributed by atoms with Gasteiger partial charge in [0.15, 0.2) is 0 Å². The number of fused-ring (bicyclic) bond motifs is 3. The summed E-state index contributed by atoms with van der Waals surface area (Å²) in [6.45, 7) is 8.07. The van der Waals surface area contributed by atoms with Crippen molar-refractivity contribution in [1.29, 1.82) is 0 Å². The SMILES string of the molecule is CC(=O)Oc1cc(C2SCCS2)cc2c1[C@@H]1CC(C)=CC[C@H]1C(C)(C)O2. The topological polar surface area (TPSA) is 35.5 Å². The van der Waals surface area contributed by atoms with Crippen molar-refractivity contribution in [3.8, 4) is 11.5 Å². The van der Waals surface area contributed by atoms with Gasteiger partial charge in [0, 0.05) is 35.8 Å². The molecule has 0 aromatic heterocycles. The molecule has 3 aliphatic rings. The van der Waals surface area contributed by atoms with Crippen LogP contribution in [0.2, 0.25) is 0 Å². The average Bonchev–Trinajstić information content (AvgIpc) is 3.07. The van der Waals surface area contributed by atoms with Gasteiger partial charge < -0.3 is 9.47 Å². The highest BCUT2D eigenvalue weighted by Gasteiger charge is 2.46. The Morgan fingerprint density at radius 1 is 1.27 bits per heavy atom. The molecular formula is C21H26O3S2. The quantitative estimate of drug-likeness (QED) is 0.368. The van der Waals surface area contributed by atoms with E-state index >= 15 is 0 Å². The van der Waals surface area contributed by atoms with Gasteiger partial charge in [0.2, 0.25) is 0 Å². The van der Waals surface area contributed by atoms with Crippen molar-refractivity contribution in [3.63, 3.8) is 0 Å². The number of esters is 1. The smallest absolute Gasteiger partial charge is 0.308 e. The lowest BCUT2D eigenvalue weighted by molar-refractivity contribution is -0.132. The molecule has 4 rings (SSSR count). The monoisotopic (exact) mass is 390 g/mol. The number of rotatable bonds is 2. The number of carbonyl (C=O) groups is 1. The van der Waals surface area contributed by atoms with Crippen LogP contribution in [0.4, 0.5) is 0 Å². The molecule has 1 aliphatic carbocycles. The van der Waals surface area contributed by atoms with Crippen LogP contribution in [0.1, 0.15) is 62.2 Å². The van der Waals surface area contributed by atoms with Gasteiger partial charge in [-0.05, 0) is 51.3 Å². The predicted molar refractivity (Wildman–Crippen MR) is 109 cm³/mol. The highest BCUT2D eigenvalue weighted by Crippen LogP contribution is 2.56. The molecule has 140 valence electrons. The molecule has 1 saturated heterocycles. The van der Waals surface area contributed by atoms with Crippen molar-refractivity contribution in [2.45, 2.75) is 56.6 Å². The zero-order valence-electron chi connectivity index (χ0n) is 15.8. The third-order valence-electron chi connectivity index (χ3n) is 5.66. The largest absolute Gasteiger partial charge is 0.487 e. The Kier molecular flexibility index (Phi) is 4.81. The normalized spacial score (nSPS) is 27.2. The standard InChI is InChI=1S/C21H26O3S2/c1-12-5-6-16-15(9-12)19-17(23-13(2)22)10-14(20-25-7-8-26-20)11-18(19)24-21(16,3)4/h5,10-11,15-16,20H,6-9H2,1-4H3/t15-,16-/m1/s1. The molecule has 2 aliphatic heterocycles. The minimum atomic E-state index is -0.263. The van der Waals surface area contributed by atoms with Crippen LogP contribution in [0.25, 0.3) is 0 Å². The fraction of sp³-hybridized carbons (Fsp3) is 0.571. The van der Waals surface area contributed by atoms with E-state index in [1.807, 2.05) is 23.5 Å². The van der Waals surface area contributed by atoms with Gasteiger partial charge in [-0.3, -0.25) is 4.79 Å². The van der Waals surface area contributed by atoms with Gasteiger partial charge in [-0.2, -0.15) is 0 Å². The van der Waals surface area contributed by atoms with E-state index in [0.29, 0.717) is 22.2 Å². The molecule has 1 aromatic rings. The Labute approximate surface area is 164 Å². The van der Waals surface area contributed by atoms with Crippen molar-refractivity contribution in [2.75, 3.05) is 11.5 Å². The summed E-state index contributed by atoms with van der Waals surface area (Å²) in [7, 11) is 0. The second-order valence-electron chi connectivity index (χ2n) is 8.01. The minimum absolute atomic E-state index is 0.225. The highest BCUT2D eigenvalue weighted by atomic mass is 32.2. The Morgan fingerprint density at radius 3 is 2.69 bits per heavy atom. The van der Waals surface area contributed by atoms with Crippen LogP contribution in [-0.4, -0.2) is 23.1 Å². The van der Waals surface area contributed by atoms with E-state index in [4.69, 9.17) is 9.47 Å². The summed E-state index contributed by atoms with van der Waals surface area (Å²) in [5, 5.41) is 0. The molecule has 1 aromatic carbocycles. The van der Waals surface area contributed by atoms with Gasteiger partial charge in [0.05, 0.1) is 4.58 Å². The second-order valence-corrected chi connectivity index (χ2v) is 10.7. The van der Waals surface area contributed by atoms with Crippen molar-refractivity contribution < 1.29 is 14.3 Å². The van der Waals surface area contributed by atoms with Gasteiger partial charge in [-0.25, -0.2) is 0 Å². The summed E-state index contributed by atoms with van der Waals surface area (Å²) in [6.07, 6.45) is 4.35. The number of hydrogen-bond acceptors (Lipinski definition) is 5. The first kappa shape index (κ1) is 18.3. The summed E-state index contributed by atoms with van der Waals surface area (Å²) < 4.78 is 12.6. The molecule has 0 spiro atoms. The maximum absolute atomic E-state index is 11.8. The van der Waals surface area contributed by atoms with E-state index < -0.39 is 0 Å². The van der Waals surface area contributed by atoms with E-state index in [2.05, 4.69) is 39.0 Å². The first-order valence-electron chi connectivity index (χ1n) is 9.29. The van der Waals surface area contributed by atoms with Crippen LogP contribution in [0.3, 0.4) is 0 Å². The van der Waals surface area contributed by atoms with Gasteiger partial charge in [0.1, 0.15) is 17.1 Å². The second kappa shape index (κ2) is 6.83. The number of carbonyl (C=O) groups excluding carboxylic acids is 1. The van der Waals surface area contributed by atoms with Crippen LogP contribution in [-0.2, 0) is 4.79 Å². The fourth-order valence-electron chi connectivity index (χ4n) is 4.49. The summed E-state index contributed by atoms with van der Waals surface area (Å²) >= 11 is 3.91. The molecule has 1 fully saturated rings. The zero-order valence-corrected chi connectivity index (χ0v) is 17.5. The van der Waals surface area contributed by atoms with Gasteiger partial charge in [-0.15, -0.1) is 23.5 Å². The van der Waals surface area contributed by atoms with Gasteiger partial charge >= 0.3 is 5.97 Å². The number of thioether (sulfide) groups is 2. The Balaban J connectivity index is 1.85. The third-order valence-corrected chi connectivity index (χ3v) is 8.76. The van der Waals surface area contributed by atoms with Crippen molar-refractivity contribution in [1.82, 2.24) is 0 Å². The van der Waals surface area contributed by atoms with E-state index in [9.17, 15) is 4.79 Å². The molecular weight excluding hydrogens is 364 g/mol. The zero-order chi connectivity index (χ0) is 18.5. The molecule has 0 saturated carbocycles. The van der Waals surface area contributed by atoms with Gasteiger partial charge in [-0.1, -0.05) is 11.6 Å². The number of allylic oxidation sites excluding steroid dienone is 2. The van der Waals surface area contributed by atoms with E-state index in [0.717, 1.165) is 35.7 Å². The Bertz CT molecular complexity index is 763. The number of ether oxygens (including phenoxy) is 2. The lowest BCUT2D eigenvalue weighted by Crippen LogP contribution is -2.45. The van der Waals surface area contributed by atoms with E-state index in [-0.39, 0.29) is 11.6 Å². The summed E-state index contributed by atoms with van der Waals surface area (Å²) in [5.41, 5.74) is 3.48. The predicted octanol–water partition coefficient (Wildman–Crippen LogP) is 5.70. The van der Waals surface area contributed by atoms with Crippen molar-refractivity contribution in [3.05, 3.63) is 34.9 Å². The maximum atomic E-state index is 11.8. The highest BCUT2D eigenvalue weighted by molar-refractivity contribution is 8.19. The Morgan fingerprint density at radius 2 is 2.00 bits per heavy atom. The van der Waals surface area contributed by atoms with E-state index in [1.54, 1.807) is 0 Å². The molecule has 2 atom stereocenters. The molecule has 0 radical (unpaired) electrons. The van der Waals surface area contributed by atoms with Gasteiger partial charge in [0.25, 0.3) is 0 Å². The fourth-order valence-corrected chi connectivity index (χ4v) is 7.31. The lowest BCUT2D eigenvalue weighted by Gasteiger charge is -2.47. The van der Waals surface area contributed by atoms with Crippen molar-refractivity contribution >= 4 is 29.5 Å². The van der Waals surface area contributed by atoms with E-state index in [1.165, 1.54) is 18.1 Å². The molecule has 0 bridgehead atoms. The lowest BCUT2D eigenvalue weighted by atomic mass is 9.67. The molecule has 5 heteroatoms. The van der Waals surface area contributed by atoms with Crippen LogP contribution in [0, 0.1) is 5.92 Å². The summed E-state index contributed by atoms with van der Waals surface area (Å²) in [4.78, 5) is 11.8. The molecule has 26 heavy (non-hydrogen) atoms. The van der Waals surface area contributed by atoms with Crippen LogP contribution in [0.15, 0.2) is 23.8 Å². The van der Waals surface area contributed by atoms with Crippen molar-refractivity contribution in [2.24, 2.45) is 5.92 Å². The Hall–Kier alpha value is -1.07. The third kappa shape index (κ3) is 3.29. The first-order chi connectivity index (χ1) is 12.3. The molecule has 0 unspecified atom stereocenters. The first-order valence-corrected chi connectivity index (χ1v) is 11.4. The maximum Gasteiger partial charge on any atom is 0.308 e. The molecule has 3 nitrogen and oxygen atoms in total. The van der Waals surface area contributed by atoms with Crippen LogP contribution >= 0.6 is 23.5 Å². The molecule has 0 N–H and O–H groups in total. The molecule has 0 amide bonds. The summed E-state index contributed by atoms with van der Waals surface area (Å²) in [6, 6.07) is 4.28. The van der Waals surface area contributed by atoms with Crippen LogP contribution < -0.4 is 9.47 Å². The summed E-state index contributed by atoms with van der Waals surface area (Å²) in [5.74, 6) is 4.42. The minimum Gasteiger partial charge on any atom is -0.487 e. The number of benzene rings is 1. The number of hydrogen-bond donors (Lipinski definition) is 0. The van der Waals surface area contributed by atoms with Crippen LogP contribution in [0.5, 0.6) is 11.5 Å².